The molecule has 0 aromatic rings. The van der Waals surface area contributed by atoms with Crippen LogP contribution in [0.5, 0.6) is 0 Å². The third-order valence-electron chi connectivity index (χ3n) is 3.16. The number of nitrogens with one attached hydrogen (secondary N) is 3. The monoisotopic (exact) mass is 257 g/mol. The van der Waals surface area contributed by atoms with Crippen molar-refractivity contribution in [2.45, 2.75) is 51.9 Å². The van der Waals surface area contributed by atoms with E-state index in [9.17, 15) is 4.79 Å². The molecule has 0 heterocycles. The molecule has 1 amide bonds. The number of hydrazine groups is 1. The molecule has 1 aliphatic carbocycles. The fraction of sp³-hybridized carbons (Fsp3) is 0.833. The average molecular weight is 257 g/mol. The van der Waals surface area contributed by atoms with Gasteiger partial charge in [0, 0.05) is 13.0 Å². The summed E-state index contributed by atoms with van der Waals surface area (Å²) in [5.41, 5.74) is 5.31. The Balaban J connectivity index is 2.06. The van der Waals surface area contributed by atoms with Crippen LogP contribution in [0, 0.1) is 5.92 Å². The highest BCUT2D eigenvalue weighted by molar-refractivity contribution is 7.80. The van der Waals surface area contributed by atoms with E-state index >= 15 is 0 Å². The largest absolute Gasteiger partial charge is 0.362 e. The predicted octanol–water partition coefficient (Wildman–Crippen LogP) is 1.86. The molecule has 4 nitrogen and oxygen atoms in total. The zero-order valence-electron chi connectivity index (χ0n) is 10.6. The third kappa shape index (κ3) is 6.46. The summed E-state index contributed by atoms with van der Waals surface area (Å²) >= 11 is 4.94. The minimum atomic E-state index is 0.0239. The van der Waals surface area contributed by atoms with Gasteiger partial charge in [0.1, 0.15) is 0 Å². The number of hydrogen-bond acceptors (Lipinski definition) is 2. The number of amides is 1. The highest BCUT2D eigenvalue weighted by Gasteiger charge is 2.14. The van der Waals surface area contributed by atoms with Crippen LogP contribution in [0.15, 0.2) is 0 Å². The molecule has 1 rings (SSSR count). The Kier molecular flexibility index (Phi) is 6.93. The van der Waals surface area contributed by atoms with E-state index in [0.29, 0.717) is 11.5 Å². The first-order chi connectivity index (χ1) is 8.22. The summed E-state index contributed by atoms with van der Waals surface area (Å²) in [6.45, 7) is 2.71. The van der Waals surface area contributed by atoms with Crippen molar-refractivity contribution in [1.82, 2.24) is 16.2 Å². The topological polar surface area (TPSA) is 53.2 Å². The van der Waals surface area contributed by atoms with Crippen molar-refractivity contribution < 1.29 is 4.79 Å². The Morgan fingerprint density at radius 1 is 1.24 bits per heavy atom. The van der Waals surface area contributed by atoms with Gasteiger partial charge >= 0.3 is 0 Å². The van der Waals surface area contributed by atoms with E-state index in [1.54, 1.807) is 0 Å². The molecule has 0 aromatic heterocycles. The summed E-state index contributed by atoms with van der Waals surface area (Å²) in [7, 11) is 0. The van der Waals surface area contributed by atoms with Crippen LogP contribution in [0.25, 0.3) is 0 Å². The molecule has 0 aliphatic heterocycles. The molecule has 0 radical (unpaired) electrons. The van der Waals surface area contributed by atoms with E-state index in [1.807, 2.05) is 6.92 Å². The van der Waals surface area contributed by atoms with E-state index in [2.05, 4.69) is 16.2 Å². The van der Waals surface area contributed by atoms with Crippen molar-refractivity contribution in [3.63, 3.8) is 0 Å². The maximum Gasteiger partial charge on any atom is 0.238 e. The van der Waals surface area contributed by atoms with Crippen molar-refractivity contribution in [2.75, 3.05) is 6.54 Å². The Morgan fingerprint density at radius 3 is 2.59 bits per heavy atom. The second-order valence-electron chi connectivity index (χ2n) is 4.58. The highest BCUT2D eigenvalue weighted by Crippen LogP contribution is 2.26. The molecule has 1 saturated carbocycles. The molecule has 1 aliphatic rings. The minimum Gasteiger partial charge on any atom is -0.362 e. The Labute approximate surface area is 109 Å². The van der Waals surface area contributed by atoms with Crippen molar-refractivity contribution >= 4 is 23.2 Å². The summed E-state index contributed by atoms with van der Waals surface area (Å²) < 4.78 is 0. The van der Waals surface area contributed by atoms with E-state index in [4.69, 9.17) is 12.2 Å². The second kappa shape index (κ2) is 8.28. The second-order valence-corrected chi connectivity index (χ2v) is 4.98. The summed E-state index contributed by atoms with van der Waals surface area (Å²) in [4.78, 5) is 11.5. The van der Waals surface area contributed by atoms with Gasteiger partial charge in [0.05, 0.1) is 0 Å². The maximum absolute atomic E-state index is 11.5. The van der Waals surface area contributed by atoms with E-state index in [1.165, 1.54) is 32.1 Å². The molecule has 0 aromatic carbocycles. The van der Waals surface area contributed by atoms with Crippen LogP contribution < -0.4 is 16.2 Å². The van der Waals surface area contributed by atoms with Gasteiger partial charge in [0.25, 0.3) is 0 Å². The lowest BCUT2D eigenvalue weighted by atomic mass is 9.86. The lowest BCUT2D eigenvalue weighted by Gasteiger charge is -2.21. The molecule has 0 saturated heterocycles. The van der Waals surface area contributed by atoms with Gasteiger partial charge in [-0.05, 0) is 31.5 Å². The van der Waals surface area contributed by atoms with Crippen LogP contribution in [0.2, 0.25) is 0 Å². The highest BCUT2D eigenvalue weighted by atomic mass is 32.1. The van der Waals surface area contributed by atoms with E-state index < -0.39 is 0 Å². The first kappa shape index (κ1) is 14.2. The number of rotatable bonds is 4. The molecule has 1 fully saturated rings. The summed E-state index contributed by atoms with van der Waals surface area (Å²) in [5, 5.41) is 3.38. The van der Waals surface area contributed by atoms with Crippen LogP contribution in [-0.2, 0) is 4.79 Å². The van der Waals surface area contributed by atoms with Crippen LogP contribution in [0.3, 0.4) is 0 Å². The normalized spacial score (nSPS) is 16.3. The molecule has 5 heteroatoms. The molecule has 0 bridgehead atoms. The van der Waals surface area contributed by atoms with Gasteiger partial charge in [0.2, 0.25) is 5.91 Å². The van der Waals surface area contributed by atoms with Crippen molar-refractivity contribution in [3.05, 3.63) is 0 Å². The fourth-order valence-electron chi connectivity index (χ4n) is 2.20. The molecule has 17 heavy (non-hydrogen) atoms. The molecule has 0 spiro atoms. The third-order valence-corrected chi connectivity index (χ3v) is 3.40. The number of carbonyl (C=O) groups is 1. The first-order valence-corrected chi connectivity index (χ1v) is 6.96. The van der Waals surface area contributed by atoms with Crippen molar-refractivity contribution in [3.8, 4) is 0 Å². The molecule has 98 valence electrons. The van der Waals surface area contributed by atoms with Crippen LogP contribution >= 0.6 is 12.2 Å². The van der Waals surface area contributed by atoms with Gasteiger partial charge in [0.15, 0.2) is 5.11 Å². The molecular formula is C12H23N3OS. The van der Waals surface area contributed by atoms with Gasteiger partial charge in [-0.1, -0.05) is 32.1 Å². The van der Waals surface area contributed by atoms with Gasteiger partial charge in [-0.15, -0.1) is 0 Å². The molecule has 0 unspecified atom stereocenters. The first-order valence-electron chi connectivity index (χ1n) is 6.55. The molecular weight excluding hydrogens is 234 g/mol. The lowest BCUT2D eigenvalue weighted by molar-refractivity contribution is -0.122. The smallest absolute Gasteiger partial charge is 0.238 e. The van der Waals surface area contributed by atoms with Crippen LogP contribution in [-0.4, -0.2) is 17.6 Å². The van der Waals surface area contributed by atoms with E-state index in [0.717, 1.165) is 18.9 Å². The van der Waals surface area contributed by atoms with Gasteiger partial charge in [-0.25, -0.2) is 0 Å². The zero-order chi connectivity index (χ0) is 12.5. The average Bonchev–Trinajstić information content (AvgIpc) is 2.35. The van der Waals surface area contributed by atoms with Gasteiger partial charge in [-0.3, -0.25) is 15.6 Å². The van der Waals surface area contributed by atoms with Crippen LogP contribution in [0.4, 0.5) is 0 Å². The van der Waals surface area contributed by atoms with Crippen LogP contribution in [0.1, 0.15) is 51.9 Å². The van der Waals surface area contributed by atoms with Crippen molar-refractivity contribution in [1.29, 1.82) is 0 Å². The Morgan fingerprint density at radius 2 is 1.94 bits per heavy atom. The summed E-state index contributed by atoms with van der Waals surface area (Å²) in [5.74, 6) is 0.769. The quantitative estimate of drug-likeness (QED) is 0.531. The Hall–Kier alpha value is -0.840. The number of thiocarbonyl (C=S) groups is 1. The fourth-order valence-corrected chi connectivity index (χ4v) is 2.40. The minimum absolute atomic E-state index is 0.0239. The van der Waals surface area contributed by atoms with Gasteiger partial charge < -0.3 is 5.32 Å². The summed E-state index contributed by atoms with van der Waals surface area (Å²) in [6.07, 6.45) is 8.19. The number of carbonyl (C=O) groups excluding carboxylic acids is 1. The SMILES string of the molecule is CCNC(=S)NNC(=O)CCC1CCCCC1. The predicted molar refractivity (Wildman–Crippen MR) is 73.4 cm³/mol. The maximum atomic E-state index is 11.5. The van der Waals surface area contributed by atoms with E-state index in [-0.39, 0.29) is 5.91 Å². The molecule has 3 N–H and O–H groups in total. The standard InChI is InChI=1S/C12H23N3OS/c1-2-13-12(17)15-14-11(16)9-8-10-6-4-3-5-7-10/h10H,2-9H2,1H3,(H,14,16)(H2,13,15,17). The molecule has 0 atom stereocenters. The van der Waals surface area contributed by atoms with Gasteiger partial charge in [-0.2, -0.15) is 0 Å². The van der Waals surface area contributed by atoms with Crippen molar-refractivity contribution in [2.24, 2.45) is 5.92 Å². The summed E-state index contributed by atoms with van der Waals surface area (Å²) in [6, 6.07) is 0. The zero-order valence-corrected chi connectivity index (χ0v) is 11.4. The Bertz CT molecular complexity index is 252. The lowest BCUT2D eigenvalue weighted by Crippen LogP contribution is -2.46. The number of hydrogen-bond donors (Lipinski definition) is 3.